The summed E-state index contributed by atoms with van der Waals surface area (Å²) in [5.74, 6) is 0.380. The Hall–Kier alpha value is -3.08. The molecule has 2 aliphatic rings. The molecule has 230 valence electrons. The number of benzene rings is 2. The van der Waals surface area contributed by atoms with E-state index >= 15 is 0 Å². The van der Waals surface area contributed by atoms with Crippen LogP contribution in [0.15, 0.2) is 59.6 Å². The van der Waals surface area contributed by atoms with Gasteiger partial charge in [0.15, 0.2) is 0 Å². The van der Waals surface area contributed by atoms with Gasteiger partial charge in [0.05, 0.1) is 21.5 Å². The molecule has 0 aliphatic heterocycles. The van der Waals surface area contributed by atoms with Gasteiger partial charge in [0.2, 0.25) is 0 Å². The van der Waals surface area contributed by atoms with E-state index in [-0.39, 0.29) is 35.3 Å². The van der Waals surface area contributed by atoms with Gasteiger partial charge in [0, 0.05) is 39.8 Å². The summed E-state index contributed by atoms with van der Waals surface area (Å²) in [6.45, 7) is 10.1. The highest BCUT2D eigenvalue weighted by molar-refractivity contribution is 7.97. The van der Waals surface area contributed by atoms with Gasteiger partial charge in [-0.3, -0.25) is 4.72 Å². The molecule has 0 spiro atoms. The first-order valence-corrected chi connectivity index (χ1v) is 16.8. The van der Waals surface area contributed by atoms with Crippen LogP contribution in [0.3, 0.4) is 0 Å². The average Bonchev–Trinajstić information content (AvgIpc) is 3.57. The second-order valence-corrected chi connectivity index (χ2v) is 14.8. The minimum absolute atomic E-state index is 0.0933. The molecule has 2 saturated carbocycles. The van der Waals surface area contributed by atoms with Gasteiger partial charge in [-0.15, -0.1) is 11.3 Å². The lowest BCUT2D eigenvalue weighted by Gasteiger charge is -2.28. The van der Waals surface area contributed by atoms with E-state index in [9.17, 15) is 9.59 Å². The number of alkyl carbamates (subject to hydrolysis) is 1. The molecule has 0 bridgehead atoms. The maximum atomic E-state index is 13.0. The normalized spacial score (nSPS) is 19.5. The smallest absolute Gasteiger partial charge is 0.407 e. The number of aromatic nitrogens is 1. The van der Waals surface area contributed by atoms with Crippen molar-refractivity contribution in [3.63, 3.8) is 0 Å². The highest BCUT2D eigenvalue weighted by Gasteiger charge is 2.45. The van der Waals surface area contributed by atoms with E-state index in [1.54, 1.807) is 23.3 Å². The number of nitrogens with zero attached hydrogens (tertiary/aromatic N) is 1. The molecule has 3 aromatic rings. The summed E-state index contributed by atoms with van der Waals surface area (Å²) in [5.41, 5.74) is 2.61. The minimum atomic E-state index is -0.331. The Morgan fingerprint density at radius 3 is 2.42 bits per heavy atom. The zero-order valence-corrected chi connectivity index (χ0v) is 27.3. The van der Waals surface area contributed by atoms with Crippen LogP contribution >= 0.6 is 23.3 Å². The number of hydrogen-bond donors (Lipinski definition) is 4. The number of thiazole rings is 1. The van der Waals surface area contributed by atoms with Crippen molar-refractivity contribution in [2.24, 2.45) is 0 Å². The second-order valence-electron chi connectivity index (χ2n) is 12.9. The lowest BCUT2D eigenvalue weighted by atomic mass is 9.86. The molecule has 2 aromatic carbocycles. The number of hydrogen-bond acceptors (Lipinski definition) is 7. The maximum Gasteiger partial charge on any atom is 0.407 e. The molecule has 0 saturated heterocycles. The number of nitrogens with one attached hydrogen (secondary N) is 4. The van der Waals surface area contributed by atoms with Crippen LogP contribution in [-0.4, -0.2) is 34.8 Å². The first kappa shape index (κ1) is 31.3. The molecule has 0 atom stereocenters. The quantitative estimate of drug-likeness (QED) is 0.180. The van der Waals surface area contributed by atoms with Gasteiger partial charge in [0.25, 0.3) is 0 Å². The summed E-state index contributed by atoms with van der Waals surface area (Å²) in [7, 11) is 0. The van der Waals surface area contributed by atoms with Crippen molar-refractivity contribution < 1.29 is 14.3 Å². The fourth-order valence-corrected chi connectivity index (χ4v) is 7.43. The van der Waals surface area contributed by atoms with Gasteiger partial charge in [-0.25, -0.2) is 14.6 Å². The minimum Gasteiger partial charge on any atom is -0.447 e. The number of carbonyl (C=O) groups is 2. The Bertz CT molecular complexity index is 1410. The lowest BCUT2D eigenvalue weighted by Crippen LogP contribution is -2.38. The van der Waals surface area contributed by atoms with Crippen LogP contribution in [0, 0.1) is 0 Å². The van der Waals surface area contributed by atoms with Gasteiger partial charge in [-0.1, -0.05) is 36.4 Å². The molecule has 2 aliphatic carbocycles. The van der Waals surface area contributed by atoms with Crippen LogP contribution in [-0.2, 0) is 10.3 Å². The first-order valence-electron chi connectivity index (χ1n) is 15.2. The Labute approximate surface area is 263 Å². The first-order chi connectivity index (χ1) is 20.5. The van der Waals surface area contributed by atoms with E-state index in [4.69, 9.17) is 9.72 Å². The molecule has 0 radical (unpaired) electrons. The summed E-state index contributed by atoms with van der Waals surface area (Å²) >= 11 is 3.31. The van der Waals surface area contributed by atoms with Gasteiger partial charge in [0.1, 0.15) is 0 Å². The van der Waals surface area contributed by atoms with Gasteiger partial charge < -0.3 is 20.7 Å². The van der Waals surface area contributed by atoms with Crippen LogP contribution in [0.1, 0.15) is 89.6 Å². The SMILES string of the molecule is CC(C)OC(=O)NC1CCC(c2ncc(-c3ccc(NC(=O)NC4(c5ccccc5)CC4)cc3SNC(C)(C)C)s2)CC1. The van der Waals surface area contributed by atoms with Crippen molar-refractivity contribution >= 4 is 41.1 Å². The molecular weight excluding hydrogens is 579 g/mol. The average molecular weight is 622 g/mol. The van der Waals surface area contributed by atoms with E-state index in [2.05, 4.69) is 59.6 Å². The summed E-state index contributed by atoms with van der Waals surface area (Å²) in [6, 6.07) is 16.2. The van der Waals surface area contributed by atoms with Crippen LogP contribution in [0.4, 0.5) is 15.3 Å². The van der Waals surface area contributed by atoms with E-state index in [1.807, 2.05) is 50.4 Å². The van der Waals surface area contributed by atoms with Crippen molar-refractivity contribution in [1.29, 1.82) is 0 Å². The van der Waals surface area contributed by atoms with E-state index < -0.39 is 0 Å². The number of ether oxygens (including phenoxy) is 1. The maximum absolute atomic E-state index is 13.0. The number of carbonyl (C=O) groups excluding carboxylic acids is 2. The number of urea groups is 1. The summed E-state index contributed by atoms with van der Waals surface area (Å²) < 4.78 is 8.78. The molecule has 2 fully saturated rings. The molecule has 4 N–H and O–H groups in total. The van der Waals surface area contributed by atoms with Crippen LogP contribution in [0.25, 0.3) is 10.4 Å². The van der Waals surface area contributed by atoms with Crippen molar-refractivity contribution in [3.05, 3.63) is 65.3 Å². The molecule has 43 heavy (non-hydrogen) atoms. The number of anilines is 1. The van der Waals surface area contributed by atoms with E-state index in [0.717, 1.165) is 70.1 Å². The third-order valence-electron chi connectivity index (χ3n) is 7.67. The van der Waals surface area contributed by atoms with E-state index in [1.165, 1.54) is 0 Å². The number of rotatable bonds is 9. The molecule has 3 amide bonds. The third kappa shape index (κ3) is 8.52. The zero-order chi connectivity index (χ0) is 30.6. The Kier molecular flexibility index (Phi) is 9.68. The molecule has 5 rings (SSSR count). The monoisotopic (exact) mass is 621 g/mol. The van der Waals surface area contributed by atoms with Crippen molar-refractivity contribution in [2.75, 3.05) is 5.32 Å². The molecule has 1 aromatic heterocycles. The lowest BCUT2D eigenvalue weighted by molar-refractivity contribution is 0.109. The van der Waals surface area contributed by atoms with Crippen molar-refractivity contribution in [1.82, 2.24) is 20.3 Å². The van der Waals surface area contributed by atoms with Crippen LogP contribution in [0.2, 0.25) is 0 Å². The zero-order valence-electron chi connectivity index (χ0n) is 25.7. The fourth-order valence-electron chi connectivity index (χ4n) is 5.34. The standard InChI is InChI=1S/C33H43N5O3S2/c1-21(2)41-31(40)36-24-13-11-22(12-14-24)29-34-20-28(42-29)26-16-15-25(19-27(26)43-38-32(3,4)5)35-30(39)37-33(17-18-33)23-9-7-6-8-10-23/h6-10,15-16,19-22,24,38H,11-14,17-18H2,1-5H3,(H,36,40)(H2,35,37,39). The Morgan fingerprint density at radius 1 is 1.05 bits per heavy atom. The van der Waals surface area contributed by atoms with E-state index in [0.29, 0.717) is 5.92 Å². The molecule has 1 heterocycles. The highest BCUT2D eigenvalue weighted by Crippen LogP contribution is 2.45. The fraction of sp³-hybridized carbons (Fsp3) is 0.485. The van der Waals surface area contributed by atoms with Crippen LogP contribution < -0.4 is 20.7 Å². The van der Waals surface area contributed by atoms with Crippen molar-refractivity contribution in [3.8, 4) is 10.4 Å². The number of amides is 3. The van der Waals surface area contributed by atoms with Gasteiger partial charge in [-0.2, -0.15) is 0 Å². The summed E-state index contributed by atoms with van der Waals surface area (Å²) in [5, 5.41) is 10.4. The molecule has 10 heteroatoms. The highest BCUT2D eigenvalue weighted by atomic mass is 32.2. The largest absolute Gasteiger partial charge is 0.447 e. The molecule has 8 nitrogen and oxygen atoms in total. The molecular formula is C33H43N5O3S2. The Morgan fingerprint density at radius 2 is 1.77 bits per heavy atom. The van der Waals surface area contributed by atoms with Gasteiger partial charge >= 0.3 is 12.1 Å². The van der Waals surface area contributed by atoms with Crippen molar-refractivity contribution in [2.45, 2.75) is 107 Å². The third-order valence-corrected chi connectivity index (χ3v) is 10.1. The topological polar surface area (TPSA) is 104 Å². The Balaban J connectivity index is 1.26. The predicted octanol–water partition coefficient (Wildman–Crippen LogP) is 8.18. The molecule has 0 unspecified atom stereocenters. The summed E-state index contributed by atoms with van der Waals surface area (Å²) in [4.78, 5) is 32.0. The summed E-state index contributed by atoms with van der Waals surface area (Å²) in [6.07, 6.45) is 7.19. The predicted molar refractivity (Wildman–Crippen MR) is 176 cm³/mol. The van der Waals surface area contributed by atoms with Gasteiger partial charge in [-0.05, 0) is 103 Å². The van der Waals surface area contributed by atoms with Crippen LogP contribution in [0.5, 0.6) is 0 Å². The second kappa shape index (κ2) is 13.3.